The quantitative estimate of drug-likeness (QED) is 0.836. The van der Waals surface area contributed by atoms with Gasteiger partial charge in [0.25, 0.3) is 0 Å². The highest BCUT2D eigenvalue weighted by Gasteiger charge is 2.26. The summed E-state index contributed by atoms with van der Waals surface area (Å²) in [4.78, 5) is 15.3. The number of nitrogens with zero attached hydrogens (tertiary/aromatic N) is 2. The number of hydrogen-bond acceptors (Lipinski definition) is 4. The fourth-order valence-corrected chi connectivity index (χ4v) is 2.15. The van der Waals surface area contributed by atoms with Crippen LogP contribution in [-0.4, -0.2) is 39.9 Å². The van der Waals surface area contributed by atoms with E-state index in [-0.39, 0.29) is 6.10 Å². The Labute approximate surface area is 110 Å². The molecule has 0 aliphatic carbocycles. The minimum Gasteiger partial charge on any atom is -0.480 e. The second-order valence-corrected chi connectivity index (χ2v) is 4.70. The molecule has 100 valence electrons. The molecular weight excluding hydrogens is 258 g/mol. The molecule has 2 heterocycles. The number of rotatable bonds is 5. The Kier molecular flexibility index (Phi) is 4.21. The van der Waals surface area contributed by atoms with Crippen molar-refractivity contribution in [3.05, 3.63) is 17.2 Å². The first-order valence-electron chi connectivity index (χ1n) is 5.84. The molecule has 0 bridgehead atoms. The predicted molar refractivity (Wildman–Crippen MR) is 65.6 cm³/mol. The molecule has 2 rings (SSSR count). The van der Waals surface area contributed by atoms with E-state index in [1.807, 2.05) is 0 Å². The van der Waals surface area contributed by atoms with Crippen molar-refractivity contribution in [3.63, 3.8) is 0 Å². The van der Waals surface area contributed by atoms with Crippen LogP contribution < -0.4 is 5.32 Å². The van der Waals surface area contributed by atoms with Crippen LogP contribution in [0.2, 0.25) is 5.15 Å². The summed E-state index contributed by atoms with van der Waals surface area (Å²) in [5.74, 6) is -0.580. The summed E-state index contributed by atoms with van der Waals surface area (Å²) in [5.41, 5.74) is 0. The van der Waals surface area contributed by atoms with E-state index in [1.165, 1.54) is 6.20 Å². The number of ether oxygens (including phenoxy) is 1. The maximum absolute atomic E-state index is 11.3. The topological polar surface area (TPSA) is 76.4 Å². The molecule has 2 atom stereocenters. The third-order valence-electron chi connectivity index (χ3n) is 3.05. The largest absolute Gasteiger partial charge is 0.480 e. The average Bonchev–Trinajstić information content (AvgIpc) is 2.93. The molecule has 1 aliphatic rings. The number of aliphatic carboxylic acids is 1. The third-order valence-corrected chi connectivity index (χ3v) is 3.40. The van der Waals surface area contributed by atoms with Crippen LogP contribution in [0.3, 0.4) is 0 Å². The number of carbonyl (C=O) groups is 1. The van der Waals surface area contributed by atoms with Gasteiger partial charge in [-0.15, -0.1) is 0 Å². The number of hydrogen-bond donors (Lipinski definition) is 2. The summed E-state index contributed by atoms with van der Waals surface area (Å²) in [6.07, 6.45) is 3.52. The molecule has 18 heavy (non-hydrogen) atoms. The van der Waals surface area contributed by atoms with Crippen molar-refractivity contribution in [1.29, 1.82) is 0 Å². The standard InChI is InChI=1S/C11H16ClN3O3/c1-15-8(12)6-14-10(15)9(11(16)17)13-5-7-3-2-4-18-7/h6-7,9,13H,2-5H2,1H3,(H,16,17). The van der Waals surface area contributed by atoms with Crippen LogP contribution in [0.1, 0.15) is 24.7 Å². The molecule has 1 aromatic rings. The van der Waals surface area contributed by atoms with Crippen molar-refractivity contribution in [2.45, 2.75) is 25.0 Å². The first-order valence-corrected chi connectivity index (χ1v) is 6.22. The maximum atomic E-state index is 11.3. The molecular formula is C11H16ClN3O3. The lowest BCUT2D eigenvalue weighted by Crippen LogP contribution is -2.35. The monoisotopic (exact) mass is 273 g/mol. The zero-order valence-corrected chi connectivity index (χ0v) is 10.9. The number of aromatic nitrogens is 2. The second kappa shape index (κ2) is 5.69. The van der Waals surface area contributed by atoms with Crippen LogP contribution in [0.4, 0.5) is 0 Å². The average molecular weight is 274 g/mol. The number of carboxylic acids is 1. The molecule has 0 spiro atoms. The highest BCUT2D eigenvalue weighted by Crippen LogP contribution is 2.18. The van der Waals surface area contributed by atoms with Gasteiger partial charge >= 0.3 is 5.97 Å². The van der Waals surface area contributed by atoms with Gasteiger partial charge in [0, 0.05) is 20.2 Å². The van der Waals surface area contributed by atoms with E-state index in [4.69, 9.17) is 16.3 Å². The molecule has 1 saturated heterocycles. The van der Waals surface area contributed by atoms with Crippen molar-refractivity contribution in [3.8, 4) is 0 Å². The Balaban J connectivity index is 2.03. The van der Waals surface area contributed by atoms with E-state index in [0.29, 0.717) is 17.5 Å². The van der Waals surface area contributed by atoms with Crippen LogP contribution in [0, 0.1) is 0 Å². The Hall–Kier alpha value is -1.11. The van der Waals surface area contributed by atoms with Crippen LogP contribution in [0.5, 0.6) is 0 Å². The van der Waals surface area contributed by atoms with E-state index in [0.717, 1.165) is 19.4 Å². The third kappa shape index (κ3) is 2.82. The van der Waals surface area contributed by atoms with E-state index >= 15 is 0 Å². The van der Waals surface area contributed by atoms with Gasteiger partial charge in [0.05, 0.1) is 12.3 Å². The van der Waals surface area contributed by atoms with Crippen molar-refractivity contribution in [2.75, 3.05) is 13.2 Å². The van der Waals surface area contributed by atoms with Gasteiger partial charge < -0.3 is 14.4 Å². The summed E-state index contributed by atoms with van der Waals surface area (Å²) in [5, 5.41) is 12.6. The van der Waals surface area contributed by atoms with Crippen molar-refractivity contribution in [1.82, 2.24) is 14.9 Å². The maximum Gasteiger partial charge on any atom is 0.328 e. The number of imidazole rings is 1. The highest BCUT2D eigenvalue weighted by molar-refractivity contribution is 6.29. The fraction of sp³-hybridized carbons (Fsp3) is 0.636. The first-order chi connectivity index (χ1) is 8.59. The Morgan fingerprint density at radius 2 is 2.61 bits per heavy atom. The van der Waals surface area contributed by atoms with Crippen LogP contribution in [-0.2, 0) is 16.6 Å². The Morgan fingerprint density at radius 3 is 3.11 bits per heavy atom. The molecule has 1 fully saturated rings. The summed E-state index contributed by atoms with van der Waals surface area (Å²) in [6, 6.07) is -0.869. The highest BCUT2D eigenvalue weighted by atomic mass is 35.5. The summed E-state index contributed by atoms with van der Waals surface area (Å²) < 4.78 is 7.00. The lowest BCUT2D eigenvalue weighted by molar-refractivity contribution is -0.140. The lowest BCUT2D eigenvalue weighted by atomic mass is 10.2. The molecule has 1 aliphatic heterocycles. The zero-order valence-electron chi connectivity index (χ0n) is 10.1. The van der Waals surface area contributed by atoms with Gasteiger partial charge in [-0.25, -0.2) is 4.98 Å². The van der Waals surface area contributed by atoms with Gasteiger partial charge in [0.1, 0.15) is 11.0 Å². The van der Waals surface area contributed by atoms with Gasteiger partial charge in [-0.2, -0.15) is 0 Å². The lowest BCUT2D eigenvalue weighted by Gasteiger charge is -2.17. The van der Waals surface area contributed by atoms with Gasteiger partial charge in [-0.1, -0.05) is 11.6 Å². The SMILES string of the molecule is Cn1c(Cl)cnc1C(NCC1CCCO1)C(=O)O. The van der Waals surface area contributed by atoms with E-state index in [1.54, 1.807) is 11.6 Å². The minimum atomic E-state index is -0.974. The van der Waals surface area contributed by atoms with E-state index < -0.39 is 12.0 Å². The molecule has 0 radical (unpaired) electrons. The first kappa shape index (κ1) is 13.3. The molecule has 0 saturated carbocycles. The Morgan fingerprint density at radius 1 is 1.83 bits per heavy atom. The Bertz CT molecular complexity index is 429. The normalized spacial score (nSPS) is 21.1. The van der Waals surface area contributed by atoms with Gasteiger partial charge in [0.15, 0.2) is 6.04 Å². The van der Waals surface area contributed by atoms with Crippen LogP contribution in [0.25, 0.3) is 0 Å². The molecule has 0 amide bonds. The minimum absolute atomic E-state index is 0.0857. The number of carboxylic acid groups (broad SMARTS) is 1. The zero-order chi connectivity index (χ0) is 13.1. The van der Waals surface area contributed by atoms with Crippen LogP contribution in [0.15, 0.2) is 6.20 Å². The molecule has 2 unspecified atom stereocenters. The molecule has 0 aromatic carbocycles. The van der Waals surface area contributed by atoms with Crippen molar-refractivity contribution in [2.24, 2.45) is 7.05 Å². The van der Waals surface area contributed by atoms with Gasteiger partial charge in [-0.05, 0) is 12.8 Å². The molecule has 6 nitrogen and oxygen atoms in total. The summed E-state index contributed by atoms with van der Waals surface area (Å²) in [7, 11) is 1.69. The smallest absolute Gasteiger partial charge is 0.328 e. The number of nitrogens with one attached hydrogen (secondary N) is 1. The molecule has 7 heteroatoms. The summed E-state index contributed by atoms with van der Waals surface area (Å²) in [6.45, 7) is 1.25. The van der Waals surface area contributed by atoms with E-state index in [9.17, 15) is 9.90 Å². The van der Waals surface area contributed by atoms with Gasteiger partial charge in [0.2, 0.25) is 0 Å². The summed E-state index contributed by atoms with van der Waals surface area (Å²) >= 11 is 5.86. The molecule has 1 aromatic heterocycles. The predicted octanol–water partition coefficient (Wildman–Crippen LogP) is 0.968. The van der Waals surface area contributed by atoms with Crippen LogP contribution >= 0.6 is 11.6 Å². The number of halogens is 1. The van der Waals surface area contributed by atoms with Gasteiger partial charge in [-0.3, -0.25) is 10.1 Å². The molecule has 2 N–H and O–H groups in total. The fourth-order valence-electron chi connectivity index (χ4n) is 2.01. The second-order valence-electron chi connectivity index (χ2n) is 4.31. The van der Waals surface area contributed by atoms with E-state index in [2.05, 4.69) is 10.3 Å². The van der Waals surface area contributed by atoms with Crippen molar-refractivity contribution < 1.29 is 14.6 Å². The van der Waals surface area contributed by atoms with Crippen molar-refractivity contribution >= 4 is 17.6 Å².